The van der Waals surface area contributed by atoms with Gasteiger partial charge in [0.1, 0.15) is 0 Å². The van der Waals surface area contributed by atoms with Crippen LogP contribution in [-0.4, -0.2) is 5.78 Å². The first-order valence-electron chi connectivity index (χ1n) is 5.33. The normalized spacial score (nSPS) is 14.1. The summed E-state index contributed by atoms with van der Waals surface area (Å²) in [6.07, 6.45) is 4.64. The van der Waals surface area contributed by atoms with Gasteiger partial charge in [-0.15, -0.1) is 0 Å². The summed E-state index contributed by atoms with van der Waals surface area (Å²) in [7, 11) is 0. The molecule has 0 aromatic heterocycles. The fraction of sp³-hybridized carbons (Fsp3) is 0.385. The lowest BCUT2D eigenvalue weighted by Crippen LogP contribution is -2.05. The Labute approximate surface area is 89.5 Å². The van der Waals surface area contributed by atoms with E-state index in [1.54, 1.807) is 0 Å². The number of aryl methyl sites for hydroxylation is 2. The minimum atomic E-state index is -0.0640. The van der Waals surface area contributed by atoms with Crippen LogP contribution in [0.1, 0.15) is 40.7 Å². The molecule has 0 N–H and O–H groups in total. The van der Waals surface area contributed by atoms with Gasteiger partial charge in [0.05, 0.1) is 12.5 Å². The van der Waals surface area contributed by atoms with Crippen molar-refractivity contribution in [1.82, 2.24) is 0 Å². The van der Waals surface area contributed by atoms with E-state index in [-0.39, 0.29) is 12.2 Å². The number of ketones is 1. The minimum absolute atomic E-state index is 0.0151. The standard InChI is InChI=1S/C13H13NO/c14-8-7-13(15)12-6-5-10-3-1-2-4-11(10)9-12/h5-6,9H,1-4,7H2. The van der Waals surface area contributed by atoms with Crippen LogP contribution >= 0.6 is 0 Å². The van der Waals surface area contributed by atoms with E-state index in [1.165, 1.54) is 24.0 Å². The molecule has 0 amide bonds. The molecule has 1 aliphatic carbocycles. The van der Waals surface area contributed by atoms with Gasteiger partial charge in [-0.3, -0.25) is 4.79 Å². The van der Waals surface area contributed by atoms with Crippen LogP contribution < -0.4 is 0 Å². The second kappa shape index (κ2) is 4.27. The molecule has 0 heterocycles. The zero-order valence-corrected chi connectivity index (χ0v) is 8.62. The first-order valence-corrected chi connectivity index (χ1v) is 5.33. The van der Waals surface area contributed by atoms with Crippen LogP contribution in [0.2, 0.25) is 0 Å². The Morgan fingerprint density at radius 1 is 1.27 bits per heavy atom. The van der Waals surface area contributed by atoms with Crippen molar-refractivity contribution in [3.05, 3.63) is 34.9 Å². The van der Waals surface area contributed by atoms with Gasteiger partial charge in [-0.2, -0.15) is 5.26 Å². The number of rotatable bonds is 2. The van der Waals surface area contributed by atoms with Crippen LogP contribution in [0, 0.1) is 11.3 Å². The van der Waals surface area contributed by atoms with Crippen molar-refractivity contribution in [3.8, 4) is 6.07 Å². The van der Waals surface area contributed by atoms with Gasteiger partial charge in [0.25, 0.3) is 0 Å². The van der Waals surface area contributed by atoms with Gasteiger partial charge in [-0.1, -0.05) is 12.1 Å². The highest BCUT2D eigenvalue weighted by Gasteiger charge is 2.12. The number of fused-ring (bicyclic) bond motifs is 1. The summed E-state index contributed by atoms with van der Waals surface area (Å²) in [5.41, 5.74) is 3.36. The molecule has 0 aliphatic heterocycles. The van der Waals surface area contributed by atoms with Crippen molar-refractivity contribution in [3.63, 3.8) is 0 Å². The Bertz CT molecular complexity index is 429. The van der Waals surface area contributed by atoms with Crippen molar-refractivity contribution >= 4 is 5.78 Å². The summed E-state index contributed by atoms with van der Waals surface area (Å²) in [5.74, 6) is -0.0640. The van der Waals surface area contributed by atoms with E-state index in [2.05, 4.69) is 0 Å². The largest absolute Gasteiger partial charge is 0.293 e. The SMILES string of the molecule is N#CCC(=O)c1ccc2c(c1)CCCC2. The molecule has 0 saturated carbocycles. The predicted molar refractivity (Wildman–Crippen MR) is 57.6 cm³/mol. The molecule has 0 saturated heterocycles. The third kappa shape index (κ3) is 2.07. The molecule has 15 heavy (non-hydrogen) atoms. The Morgan fingerprint density at radius 3 is 2.73 bits per heavy atom. The van der Waals surface area contributed by atoms with Crippen LogP contribution in [0.15, 0.2) is 18.2 Å². The number of carbonyl (C=O) groups is 1. The predicted octanol–water partition coefficient (Wildman–Crippen LogP) is 2.66. The van der Waals surface area contributed by atoms with Gasteiger partial charge in [0.15, 0.2) is 5.78 Å². The molecule has 1 aliphatic rings. The Hall–Kier alpha value is -1.62. The summed E-state index contributed by atoms with van der Waals surface area (Å²) >= 11 is 0. The lowest BCUT2D eigenvalue weighted by atomic mass is 9.89. The van der Waals surface area contributed by atoms with E-state index >= 15 is 0 Å². The smallest absolute Gasteiger partial charge is 0.176 e. The van der Waals surface area contributed by atoms with E-state index in [0.29, 0.717) is 5.56 Å². The van der Waals surface area contributed by atoms with Crippen molar-refractivity contribution in [2.24, 2.45) is 0 Å². The van der Waals surface area contributed by atoms with Gasteiger partial charge in [-0.05, 0) is 42.9 Å². The highest BCUT2D eigenvalue weighted by Crippen LogP contribution is 2.22. The Balaban J connectivity index is 2.28. The Morgan fingerprint density at radius 2 is 2.00 bits per heavy atom. The molecule has 0 radical (unpaired) electrons. The monoisotopic (exact) mass is 199 g/mol. The van der Waals surface area contributed by atoms with Crippen LogP contribution in [0.4, 0.5) is 0 Å². The van der Waals surface area contributed by atoms with Crippen molar-refractivity contribution in [1.29, 1.82) is 5.26 Å². The highest BCUT2D eigenvalue weighted by molar-refractivity contribution is 5.97. The first kappa shape index (κ1) is 9.92. The number of hydrogen-bond acceptors (Lipinski definition) is 2. The average molecular weight is 199 g/mol. The molecule has 0 bridgehead atoms. The van der Waals surface area contributed by atoms with Crippen LogP contribution in [0.3, 0.4) is 0 Å². The molecule has 2 rings (SSSR count). The third-order valence-electron chi connectivity index (χ3n) is 2.91. The van der Waals surface area contributed by atoms with E-state index in [1.807, 2.05) is 24.3 Å². The molecule has 0 atom stereocenters. The summed E-state index contributed by atoms with van der Waals surface area (Å²) in [4.78, 5) is 11.5. The van der Waals surface area contributed by atoms with Gasteiger partial charge in [0, 0.05) is 5.56 Å². The van der Waals surface area contributed by atoms with Gasteiger partial charge < -0.3 is 0 Å². The summed E-state index contributed by atoms with van der Waals surface area (Å²) < 4.78 is 0. The zero-order valence-electron chi connectivity index (χ0n) is 8.62. The maximum absolute atomic E-state index is 11.5. The molecule has 0 fully saturated rings. The number of nitrogens with zero attached hydrogens (tertiary/aromatic N) is 1. The lowest BCUT2D eigenvalue weighted by Gasteiger charge is -2.15. The summed E-state index contributed by atoms with van der Waals surface area (Å²) in [6, 6.07) is 7.75. The molecule has 1 aromatic rings. The van der Waals surface area contributed by atoms with Crippen LogP contribution in [0.5, 0.6) is 0 Å². The minimum Gasteiger partial charge on any atom is -0.293 e. The molecule has 1 aromatic carbocycles. The number of nitriles is 1. The molecule has 2 nitrogen and oxygen atoms in total. The molecule has 2 heteroatoms. The molecule has 0 unspecified atom stereocenters. The average Bonchev–Trinajstić information content (AvgIpc) is 2.29. The second-order valence-electron chi connectivity index (χ2n) is 3.95. The van der Waals surface area contributed by atoms with E-state index in [4.69, 9.17) is 5.26 Å². The first-order chi connectivity index (χ1) is 7.31. The lowest BCUT2D eigenvalue weighted by molar-refractivity contribution is 0.0997. The maximum Gasteiger partial charge on any atom is 0.176 e. The number of Topliss-reactive ketones (excluding diaryl/α,β-unsaturated/α-hetero) is 1. The molecular formula is C13H13NO. The topological polar surface area (TPSA) is 40.9 Å². The fourth-order valence-corrected chi connectivity index (χ4v) is 2.08. The van der Waals surface area contributed by atoms with Gasteiger partial charge in [0.2, 0.25) is 0 Å². The quantitative estimate of drug-likeness (QED) is 0.687. The summed E-state index contributed by atoms with van der Waals surface area (Å²) in [6.45, 7) is 0. The fourth-order valence-electron chi connectivity index (χ4n) is 2.08. The highest BCUT2D eigenvalue weighted by atomic mass is 16.1. The van der Waals surface area contributed by atoms with Gasteiger partial charge >= 0.3 is 0 Å². The molecule has 0 spiro atoms. The van der Waals surface area contributed by atoms with Gasteiger partial charge in [-0.25, -0.2) is 0 Å². The Kier molecular flexibility index (Phi) is 2.82. The van der Waals surface area contributed by atoms with Crippen molar-refractivity contribution in [2.45, 2.75) is 32.1 Å². The van der Waals surface area contributed by atoms with E-state index in [0.717, 1.165) is 12.8 Å². The van der Waals surface area contributed by atoms with Crippen molar-refractivity contribution in [2.75, 3.05) is 0 Å². The van der Waals surface area contributed by atoms with Crippen LogP contribution in [0.25, 0.3) is 0 Å². The number of benzene rings is 1. The number of hydrogen-bond donors (Lipinski definition) is 0. The second-order valence-corrected chi connectivity index (χ2v) is 3.95. The van der Waals surface area contributed by atoms with E-state index in [9.17, 15) is 4.79 Å². The third-order valence-corrected chi connectivity index (χ3v) is 2.91. The van der Waals surface area contributed by atoms with Crippen LogP contribution in [-0.2, 0) is 12.8 Å². The number of carbonyl (C=O) groups excluding carboxylic acids is 1. The summed E-state index contributed by atoms with van der Waals surface area (Å²) in [5, 5.41) is 8.47. The molecular weight excluding hydrogens is 186 g/mol. The van der Waals surface area contributed by atoms with E-state index < -0.39 is 0 Å². The van der Waals surface area contributed by atoms with Crippen molar-refractivity contribution < 1.29 is 4.79 Å². The zero-order chi connectivity index (χ0) is 10.7. The molecule has 76 valence electrons. The maximum atomic E-state index is 11.5.